The Labute approximate surface area is 44.3 Å². The van der Waals surface area contributed by atoms with Crippen LogP contribution in [0.1, 0.15) is 0 Å². The number of aliphatic hydroxyl groups is 1. The minimum atomic E-state index is 0.0185. The Hall–Kier alpha value is -0.980. The van der Waals surface area contributed by atoms with Crippen LogP contribution in [0.15, 0.2) is 38.2 Å². The van der Waals surface area contributed by atoms with E-state index in [9.17, 15) is 0 Å². The minimum absolute atomic E-state index is 0.0185. The molecular formula is C6H10O. The van der Waals surface area contributed by atoms with Gasteiger partial charge in [0.25, 0.3) is 0 Å². The molecule has 0 spiro atoms. The van der Waals surface area contributed by atoms with E-state index < -0.39 is 0 Å². The molecule has 0 bridgehead atoms. The maximum Gasteiger partial charge on any atom is 0.107 e. The summed E-state index contributed by atoms with van der Waals surface area (Å²) in [7, 11) is 0. The summed E-state index contributed by atoms with van der Waals surface area (Å²) >= 11 is 0. The Morgan fingerprint density at radius 1 is 1.43 bits per heavy atom. The summed E-state index contributed by atoms with van der Waals surface area (Å²) in [5.41, 5.74) is 0. The normalized spacial score (nSPS) is 5.14. The van der Waals surface area contributed by atoms with Crippen molar-refractivity contribution in [3.05, 3.63) is 38.2 Å². The van der Waals surface area contributed by atoms with Crippen LogP contribution < -0.4 is 0 Å². The minimum Gasteiger partial charge on any atom is -0.509 e. The maximum absolute atomic E-state index is 8.05. The van der Waals surface area contributed by atoms with Gasteiger partial charge in [-0.15, -0.1) is 13.2 Å². The van der Waals surface area contributed by atoms with Gasteiger partial charge in [-0.2, -0.15) is 0 Å². The first-order valence-corrected chi connectivity index (χ1v) is 1.77. The Bertz CT molecular complexity index is 64.6. The van der Waals surface area contributed by atoms with Crippen LogP contribution in [-0.4, -0.2) is 5.11 Å². The maximum atomic E-state index is 8.05. The van der Waals surface area contributed by atoms with E-state index in [1.807, 2.05) is 0 Å². The number of hydrogen-bond donors (Lipinski definition) is 1. The largest absolute Gasteiger partial charge is 0.509 e. The summed E-state index contributed by atoms with van der Waals surface area (Å²) in [4.78, 5) is 0. The third-order valence-corrected chi connectivity index (χ3v) is 0.236. The van der Waals surface area contributed by atoms with Crippen LogP contribution in [0.25, 0.3) is 0 Å². The number of hydrogen-bond acceptors (Lipinski definition) is 1. The molecule has 0 saturated carbocycles. The van der Waals surface area contributed by atoms with Crippen molar-refractivity contribution in [1.29, 1.82) is 0 Å². The molecule has 0 aliphatic carbocycles. The van der Waals surface area contributed by atoms with Crippen LogP contribution in [-0.2, 0) is 0 Å². The number of aliphatic hydroxyl groups excluding tert-OH is 1. The lowest BCUT2D eigenvalue weighted by Gasteiger charge is -1.73. The van der Waals surface area contributed by atoms with E-state index in [2.05, 4.69) is 26.3 Å². The summed E-state index contributed by atoms with van der Waals surface area (Å²) in [6.45, 7) is 12.3. The van der Waals surface area contributed by atoms with Crippen LogP contribution in [0.2, 0.25) is 0 Å². The van der Waals surface area contributed by atoms with Crippen LogP contribution in [0, 0.1) is 0 Å². The summed E-state index contributed by atoms with van der Waals surface area (Å²) in [6, 6.07) is 0. The van der Waals surface area contributed by atoms with Crippen LogP contribution >= 0.6 is 0 Å². The average molecular weight is 98.1 g/mol. The molecule has 0 saturated heterocycles. The van der Waals surface area contributed by atoms with Crippen molar-refractivity contribution in [2.45, 2.75) is 0 Å². The van der Waals surface area contributed by atoms with Gasteiger partial charge >= 0.3 is 0 Å². The second-order valence-electron chi connectivity index (χ2n) is 0.695. The first-order valence-electron chi connectivity index (χ1n) is 1.77. The van der Waals surface area contributed by atoms with E-state index in [0.29, 0.717) is 0 Å². The van der Waals surface area contributed by atoms with Crippen molar-refractivity contribution in [3.8, 4) is 0 Å². The molecule has 0 aromatic rings. The van der Waals surface area contributed by atoms with Crippen molar-refractivity contribution in [2.24, 2.45) is 0 Å². The molecule has 0 aliphatic rings. The van der Waals surface area contributed by atoms with Gasteiger partial charge < -0.3 is 5.11 Å². The molecule has 0 heterocycles. The second kappa shape index (κ2) is 8.89. The molecule has 1 nitrogen and oxygen atoms in total. The van der Waals surface area contributed by atoms with Gasteiger partial charge in [0.15, 0.2) is 0 Å². The van der Waals surface area contributed by atoms with Crippen LogP contribution in [0.3, 0.4) is 0 Å². The fourth-order valence-corrected chi connectivity index (χ4v) is 0. The Morgan fingerprint density at radius 3 is 1.57 bits per heavy atom. The average Bonchev–Trinajstić information content (AvgIpc) is 1.73. The molecule has 0 fully saturated rings. The highest BCUT2D eigenvalue weighted by molar-refractivity contribution is 4.98. The number of rotatable bonds is 1. The molecule has 0 aliphatic heterocycles. The fourth-order valence-electron chi connectivity index (χ4n) is 0. The van der Waals surface area contributed by atoms with Gasteiger partial charge in [0.05, 0.1) is 0 Å². The lowest BCUT2D eigenvalue weighted by atomic mass is 10.6. The summed E-state index contributed by atoms with van der Waals surface area (Å²) in [6.07, 6.45) is 1.28. The smallest absolute Gasteiger partial charge is 0.107 e. The quantitative estimate of drug-likeness (QED) is 0.302. The monoisotopic (exact) mass is 98.1 g/mol. The van der Waals surface area contributed by atoms with E-state index >= 15 is 0 Å². The van der Waals surface area contributed by atoms with Crippen LogP contribution in [0.4, 0.5) is 0 Å². The van der Waals surface area contributed by atoms with E-state index in [4.69, 9.17) is 5.11 Å². The van der Waals surface area contributed by atoms with Gasteiger partial charge in [0.2, 0.25) is 0 Å². The molecule has 0 aromatic carbocycles. The summed E-state index contributed by atoms with van der Waals surface area (Å²) in [5.74, 6) is 0.0185. The van der Waals surface area contributed by atoms with Crippen molar-refractivity contribution >= 4 is 0 Å². The predicted octanol–water partition coefficient (Wildman–Crippen LogP) is 2.05. The molecule has 7 heavy (non-hydrogen) atoms. The van der Waals surface area contributed by atoms with E-state index in [1.54, 1.807) is 0 Å². The first kappa shape index (κ1) is 9.39. The third-order valence-electron chi connectivity index (χ3n) is 0.236. The molecular weight excluding hydrogens is 88.1 g/mol. The zero-order valence-electron chi connectivity index (χ0n) is 4.35. The van der Waals surface area contributed by atoms with Crippen molar-refractivity contribution in [2.75, 3.05) is 0 Å². The van der Waals surface area contributed by atoms with Gasteiger partial charge in [0.1, 0.15) is 5.76 Å². The van der Waals surface area contributed by atoms with Crippen molar-refractivity contribution in [1.82, 2.24) is 0 Å². The van der Waals surface area contributed by atoms with Gasteiger partial charge in [-0.3, -0.25) is 0 Å². The molecule has 0 unspecified atom stereocenters. The van der Waals surface area contributed by atoms with Crippen molar-refractivity contribution < 1.29 is 5.11 Å². The molecule has 0 rings (SSSR count). The topological polar surface area (TPSA) is 20.2 Å². The lowest BCUT2D eigenvalue weighted by molar-refractivity contribution is 0.435. The highest BCUT2D eigenvalue weighted by Crippen LogP contribution is 1.75. The molecule has 0 radical (unpaired) electrons. The zero-order valence-corrected chi connectivity index (χ0v) is 4.35. The second-order valence-corrected chi connectivity index (χ2v) is 0.695. The Balaban J connectivity index is 0. The third kappa shape index (κ3) is 44.0. The van der Waals surface area contributed by atoms with E-state index in [-0.39, 0.29) is 5.76 Å². The Kier molecular flexibility index (Phi) is 11.9. The molecule has 0 aromatic heterocycles. The molecule has 0 atom stereocenters. The molecule has 0 amide bonds. The molecule has 40 valence electrons. The van der Waals surface area contributed by atoms with E-state index in [0.717, 1.165) is 0 Å². The Morgan fingerprint density at radius 2 is 1.57 bits per heavy atom. The highest BCUT2D eigenvalue weighted by atomic mass is 16.3. The molecule has 1 heteroatoms. The predicted molar refractivity (Wildman–Crippen MR) is 33.2 cm³/mol. The fraction of sp³-hybridized carbons (Fsp3) is 0. The SMILES string of the molecule is C=C.C=CC(=C)O. The van der Waals surface area contributed by atoms with E-state index in [1.165, 1.54) is 6.08 Å². The summed E-state index contributed by atoms with van der Waals surface area (Å²) in [5, 5.41) is 8.05. The number of allylic oxidation sites excluding steroid dienone is 1. The van der Waals surface area contributed by atoms with Crippen LogP contribution in [0.5, 0.6) is 0 Å². The first-order chi connectivity index (χ1) is 3.27. The summed E-state index contributed by atoms with van der Waals surface area (Å²) < 4.78 is 0. The molecule has 1 N–H and O–H groups in total. The lowest BCUT2D eigenvalue weighted by Crippen LogP contribution is -1.59. The van der Waals surface area contributed by atoms with Gasteiger partial charge in [-0.25, -0.2) is 0 Å². The zero-order chi connectivity index (χ0) is 6.28. The van der Waals surface area contributed by atoms with Gasteiger partial charge in [-0.05, 0) is 6.08 Å². The van der Waals surface area contributed by atoms with Crippen molar-refractivity contribution in [3.63, 3.8) is 0 Å². The standard InChI is InChI=1S/C4H6O.C2H4/c1-3-4(2)5;1-2/h3,5H,1-2H2;1-2H2. The highest BCUT2D eigenvalue weighted by Gasteiger charge is 1.62. The van der Waals surface area contributed by atoms with Gasteiger partial charge in [0, 0.05) is 0 Å². The van der Waals surface area contributed by atoms with Gasteiger partial charge in [-0.1, -0.05) is 13.2 Å².